The lowest BCUT2D eigenvalue weighted by atomic mass is 10.2. The quantitative estimate of drug-likeness (QED) is 0.768. The monoisotopic (exact) mass is 281 g/mol. The summed E-state index contributed by atoms with van der Waals surface area (Å²) in [5, 5.41) is 13.0. The number of carboxylic acid groups (broad SMARTS) is 1. The number of nitrogens with zero attached hydrogens (tertiary/aromatic N) is 1. The molecule has 2 unspecified atom stereocenters. The number of nitrogens with two attached hydrogens (primary N) is 1. The Balaban J connectivity index is 2.16. The first-order chi connectivity index (χ1) is 9.11. The zero-order valence-corrected chi connectivity index (χ0v) is 11.7. The number of nitrogen functional groups attached to an aromatic ring is 1. The van der Waals surface area contributed by atoms with Crippen molar-refractivity contribution in [2.45, 2.75) is 37.5 Å². The average Bonchev–Trinajstić information content (AvgIpc) is 2.79. The first-order valence-corrected chi connectivity index (χ1v) is 7.53. The maximum Gasteiger partial charge on any atom is 0.339 e. The van der Waals surface area contributed by atoms with Crippen molar-refractivity contribution in [2.24, 2.45) is 0 Å². The molecule has 6 heteroatoms. The summed E-state index contributed by atoms with van der Waals surface area (Å²) >= 11 is 1.92. The summed E-state index contributed by atoms with van der Waals surface area (Å²) in [4.78, 5) is 15.3. The molecule has 0 amide bonds. The van der Waals surface area contributed by atoms with E-state index in [9.17, 15) is 9.90 Å². The molecule has 1 aromatic heterocycles. The third-order valence-electron chi connectivity index (χ3n) is 3.29. The van der Waals surface area contributed by atoms with E-state index in [4.69, 9.17) is 5.73 Å². The number of aromatic nitrogens is 1. The van der Waals surface area contributed by atoms with E-state index >= 15 is 0 Å². The van der Waals surface area contributed by atoms with Crippen molar-refractivity contribution >= 4 is 29.2 Å². The first kappa shape index (κ1) is 14.0. The standard InChI is InChI=1S/C13H19N3O2S/c1-2-19-11-5-3-4-10(11)16-12-9(13(17)18)6-8(14)7-15-12/h6-7,10-11H,2-5,14H2,1H3,(H,15,16)(H,17,18). The molecule has 1 heterocycles. The summed E-state index contributed by atoms with van der Waals surface area (Å²) in [5.41, 5.74) is 6.11. The molecule has 1 saturated carbocycles. The molecule has 5 nitrogen and oxygen atoms in total. The molecule has 1 aliphatic rings. The van der Waals surface area contributed by atoms with E-state index in [1.807, 2.05) is 11.8 Å². The van der Waals surface area contributed by atoms with Crippen LogP contribution >= 0.6 is 11.8 Å². The number of nitrogens with one attached hydrogen (secondary N) is 1. The molecule has 4 N–H and O–H groups in total. The molecule has 0 saturated heterocycles. The van der Waals surface area contributed by atoms with Crippen LogP contribution in [0.1, 0.15) is 36.5 Å². The lowest BCUT2D eigenvalue weighted by Crippen LogP contribution is -2.27. The minimum atomic E-state index is -1.00. The van der Waals surface area contributed by atoms with Gasteiger partial charge in [-0.1, -0.05) is 13.3 Å². The van der Waals surface area contributed by atoms with Crippen LogP contribution in [0.2, 0.25) is 0 Å². The molecule has 0 bridgehead atoms. The molecule has 1 aromatic rings. The highest BCUT2D eigenvalue weighted by atomic mass is 32.2. The van der Waals surface area contributed by atoms with Crippen LogP contribution in [0.15, 0.2) is 12.3 Å². The van der Waals surface area contributed by atoms with Gasteiger partial charge in [0.2, 0.25) is 0 Å². The molecule has 2 rings (SSSR count). The Morgan fingerprint density at radius 2 is 2.42 bits per heavy atom. The molecule has 19 heavy (non-hydrogen) atoms. The number of anilines is 2. The number of pyridine rings is 1. The summed E-state index contributed by atoms with van der Waals surface area (Å²) in [7, 11) is 0. The summed E-state index contributed by atoms with van der Waals surface area (Å²) in [6.45, 7) is 2.14. The van der Waals surface area contributed by atoms with Crippen LogP contribution < -0.4 is 11.1 Å². The van der Waals surface area contributed by atoms with Crippen molar-refractivity contribution in [3.63, 3.8) is 0 Å². The van der Waals surface area contributed by atoms with Gasteiger partial charge in [0, 0.05) is 11.3 Å². The fourth-order valence-electron chi connectivity index (χ4n) is 2.44. The fraction of sp³-hybridized carbons (Fsp3) is 0.538. The average molecular weight is 281 g/mol. The van der Waals surface area contributed by atoms with E-state index in [2.05, 4.69) is 17.2 Å². The van der Waals surface area contributed by atoms with Crippen molar-refractivity contribution < 1.29 is 9.90 Å². The number of rotatable bonds is 5. The number of thioether (sulfide) groups is 1. The minimum absolute atomic E-state index is 0.146. The van der Waals surface area contributed by atoms with Crippen LogP contribution in [0.4, 0.5) is 11.5 Å². The van der Waals surface area contributed by atoms with Gasteiger partial charge in [0.05, 0.1) is 11.9 Å². The number of carbonyl (C=O) groups is 1. The molecule has 0 radical (unpaired) electrons. The first-order valence-electron chi connectivity index (χ1n) is 6.48. The second kappa shape index (κ2) is 6.14. The second-order valence-electron chi connectivity index (χ2n) is 4.65. The van der Waals surface area contributed by atoms with E-state index in [1.54, 1.807) is 0 Å². The zero-order valence-electron chi connectivity index (χ0n) is 10.9. The lowest BCUT2D eigenvalue weighted by Gasteiger charge is -2.21. The van der Waals surface area contributed by atoms with E-state index in [1.165, 1.54) is 25.1 Å². The van der Waals surface area contributed by atoms with Crippen LogP contribution in [0, 0.1) is 0 Å². The maximum atomic E-state index is 11.2. The van der Waals surface area contributed by atoms with Crippen molar-refractivity contribution in [1.82, 2.24) is 4.98 Å². The summed E-state index contributed by atoms with van der Waals surface area (Å²) in [6.07, 6.45) is 4.90. The molecule has 0 aromatic carbocycles. The number of hydrogen-bond acceptors (Lipinski definition) is 5. The van der Waals surface area contributed by atoms with Crippen LogP contribution in [0.25, 0.3) is 0 Å². The molecule has 1 fully saturated rings. The Bertz CT molecular complexity index is 467. The van der Waals surface area contributed by atoms with Crippen molar-refractivity contribution in [3.05, 3.63) is 17.8 Å². The predicted octanol–water partition coefficient (Wildman–Crippen LogP) is 2.45. The molecule has 0 aliphatic heterocycles. The van der Waals surface area contributed by atoms with Crippen molar-refractivity contribution in [2.75, 3.05) is 16.8 Å². The van der Waals surface area contributed by atoms with E-state index in [0.717, 1.165) is 12.2 Å². The fourth-order valence-corrected chi connectivity index (χ4v) is 3.64. The van der Waals surface area contributed by atoms with Gasteiger partial charge in [-0.3, -0.25) is 0 Å². The zero-order chi connectivity index (χ0) is 13.8. The predicted molar refractivity (Wildman–Crippen MR) is 78.8 cm³/mol. The number of aromatic carboxylic acids is 1. The Hall–Kier alpha value is -1.43. The van der Waals surface area contributed by atoms with Gasteiger partial charge in [0.15, 0.2) is 0 Å². The minimum Gasteiger partial charge on any atom is -0.478 e. The Morgan fingerprint density at radius 3 is 3.11 bits per heavy atom. The van der Waals surface area contributed by atoms with Gasteiger partial charge in [0.25, 0.3) is 0 Å². The van der Waals surface area contributed by atoms with Gasteiger partial charge in [0.1, 0.15) is 11.4 Å². The van der Waals surface area contributed by atoms with Gasteiger partial charge in [-0.15, -0.1) is 0 Å². The third kappa shape index (κ3) is 3.32. The van der Waals surface area contributed by atoms with Gasteiger partial charge in [-0.25, -0.2) is 9.78 Å². The largest absolute Gasteiger partial charge is 0.478 e. The molecular formula is C13H19N3O2S. The molecular weight excluding hydrogens is 262 g/mol. The molecule has 104 valence electrons. The van der Waals surface area contributed by atoms with Gasteiger partial charge < -0.3 is 16.2 Å². The van der Waals surface area contributed by atoms with Crippen LogP contribution in [0.5, 0.6) is 0 Å². The van der Waals surface area contributed by atoms with Crippen LogP contribution in [-0.2, 0) is 0 Å². The SMILES string of the molecule is CCSC1CCCC1Nc1ncc(N)cc1C(=O)O. The lowest BCUT2D eigenvalue weighted by molar-refractivity contribution is 0.0697. The molecule has 1 aliphatic carbocycles. The van der Waals surface area contributed by atoms with Gasteiger partial charge in [-0.05, 0) is 24.7 Å². The molecule has 0 spiro atoms. The van der Waals surface area contributed by atoms with E-state index < -0.39 is 5.97 Å². The Morgan fingerprint density at radius 1 is 1.63 bits per heavy atom. The van der Waals surface area contributed by atoms with Crippen molar-refractivity contribution in [1.29, 1.82) is 0 Å². The third-order valence-corrected chi connectivity index (χ3v) is 4.62. The molecule has 2 atom stereocenters. The Kier molecular flexibility index (Phi) is 4.52. The topological polar surface area (TPSA) is 88.2 Å². The number of carboxylic acids is 1. The normalized spacial score (nSPS) is 22.4. The smallest absolute Gasteiger partial charge is 0.339 e. The summed E-state index contributed by atoms with van der Waals surface area (Å²) in [5.74, 6) is 0.499. The maximum absolute atomic E-state index is 11.2. The van der Waals surface area contributed by atoms with Crippen LogP contribution in [0.3, 0.4) is 0 Å². The van der Waals surface area contributed by atoms with Gasteiger partial charge >= 0.3 is 5.97 Å². The Labute approximate surface area is 117 Å². The van der Waals surface area contributed by atoms with Gasteiger partial charge in [-0.2, -0.15) is 11.8 Å². The highest BCUT2D eigenvalue weighted by Gasteiger charge is 2.28. The second-order valence-corrected chi connectivity index (χ2v) is 6.16. The van der Waals surface area contributed by atoms with Crippen LogP contribution in [-0.4, -0.2) is 33.1 Å². The van der Waals surface area contributed by atoms with Crippen molar-refractivity contribution in [3.8, 4) is 0 Å². The number of hydrogen-bond donors (Lipinski definition) is 3. The summed E-state index contributed by atoms with van der Waals surface area (Å²) in [6, 6.07) is 1.74. The highest BCUT2D eigenvalue weighted by molar-refractivity contribution is 7.99. The van der Waals surface area contributed by atoms with E-state index in [-0.39, 0.29) is 5.56 Å². The highest BCUT2D eigenvalue weighted by Crippen LogP contribution is 2.32. The van der Waals surface area contributed by atoms with E-state index in [0.29, 0.717) is 22.8 Å². The summed E-state index contributed by atoms with van der Waals surface area (Å²) < 4.78 is 0.